The standard InChI is InChI=1S/C20H19N3O6S/c24-18-19(25)22(18)21-15-11-6-12-16(17(15)20(26)27)23(13-7-4-5-8-13)30(28,29)14-9-2-1-3-10-14/h1-3,6,9-13,21H,4-5,7-8H2,(H,26,27). The first kappa shape index (κ1) is 19.9. The molecule has 0 radical (unpaired) electrons. The van der Waals surface area contributed by atoms with Gasteiger partial charge in [0.05, 0.1) is 16.3 Å². The molecule has 1 fully saturated rings. The van der Waals surface area contributed by atoms with Crippen molar-refractivity contribution in [1.29, 1.82) is 0 Å². The molecule has 0 amide bonds. The van der Waals surface area contributed by atoms with Gasteiger partial charge in [-0.05, 0) is 37.1 Å². The summed E-state index contributed by atoms with van der Waals surface area (Å²) in [4.78, 5) is 34.9. The molecule has 0 aliphatic heterocycles. The molecular formula is C20H19N3O6S. The number of nitrogens with zero attached hydrogens (tertiary/aromatic N) is 2. The minimum Gasteiger partial charge on any atom is -0.478 e. The number of hydrogen-bond acceptors (Lipinski definition) is 6. The molecule has 10 heteroatoms. The van der Waals surface area contributed by atoms with Gasteiger partial charge in [-0.2, -0.15) is 4.68 Å². The highest BCUT2D eigenvalue weighted by Gasteiger charge is 2.36. The fourth-order valence-corrected chi connectivity index (χ4v) is 5.51. The number of rotatable bonds is 7. The van der Waals surface area contributed by atoms with Gasteiger partial charge in [0.15, 0.2) is 0 Å². The van der Waals surface area contributed by atoms with E-state index in [-0.39, 0.29) is 21.8 Å². The van der Waals surface area contributed by atoms with Gasteiger partial charge in [0, 0.05) is 6.04 Å². The maximum absolute atomic E-state index is 13.5. The zero-order valence-corrected chi connectivity index (χ0v) is 16.6. The predicted octanol–water partition coefficient (Wildman–Crippen LogP) is 1.80. The number of nitrogens with one attached hydrogen (secondary N) is 1. The number of aromatic nitrogens is 1. The van der Waals surface area contributed by atoms with Crippen LogP contribution in [0.5, 0.6) is 0 Å². The van der Waals surface area contributed by atoms with E-state index in [0.717, 1.165) is 12.8 Å². The van der Waals surface area contributed by atoms with Gasteiger partial charge in [-0.25, -0.2) is 13.2 Å². The van der Waals surface area contributed by atoms with Crippen molar-refractivity contribution in [1.82, 2.24) is 4.68 Å². The average molecular weight is 429 g/mol. The first-order valence-electron chi connectivity index (χ1n) is 9.43. The highest BCUT2D eigenvalue weighted by molar-refractivity contribution is 7.92. The van der Waals surface area contributed by atoms with Crippen LogP contribution in [0.2, 0.25) is 0 Å². The number of carboxylic acid groups (broad SMARTS) is 1. The van der Waals surface area contributed by atoms with Crippen LogP contribution in [-0.2, 0) is 10.0 Å². The van der Waals surface area contributed by atoms with E-state index in [9.17, 15) is 27.9 Å². The van der Waals surface area contributed by atoms with E-state index in [1.54, 1.807) is 18.2 Å². The molecule has 0 atom stereocenters. The summed E-state index contributed by atoms with van der Waals surface area (Å²) >= 11 is 0. The second kappa shape index (κ2) is 7.45. The third-order valence-corrected chi connectivity index (χ3v) is 7.10. The molecular weight excluding hydrogens is 410 g/mol. The Hall–Kier alpha value is -3.40. The normalized spacial score (nSPS) is 14.8. The Kier molecular flexibility index (Phi) is 4.94. The van der Waals surface area contributed by atoms with E-state index < -0.39 is 33.2 Å². The van der Waals surface area contributed by atoms with Crippen molar-refractivity contribution in [2.45, 2.75) is 36.6 Å². The maximum Gasteiger partial charge on any atom is 0.340 e. The molecule has 0 saturated heterocycles. The molecule has 1 saturated carbocycles. The molecule has 1 aliphatic carbocycles. The summed E-state index contributed by atoms with van der Waals surface area (Å²) in [5, 5.41) is 9.89. The zero-order chi connectivity index (χ0) is 21.5. The summed E-state index contributed by atoms with van der Waals surface area (Å²) in [6, 6.07) is 11.7. The van der Waals surface area contributed by atoms with Gasteiger partial charge in [0.1, 0.15) is 5.56 Å². The average Bonchev–Trinajstić information content (AvgIpc) is 3.11. The molecule has 1 aromatic heterocycles. The van der Waals surface area contributed by atoms with Crippen LogP contribution in [0, 0.1) is 0 Å². The summed E-state index contributed by atoms with van der Waals surface area (Å²) in [5.74, 6) is -1.37. The van der Waals surface area contributed by atoms with Crippen LogP contribution in [0.25, 0.3) is 0 Å². The van der Waals surface area contributed by atoms with E-state index in [1.807, 2.05) is 0 Å². The van der Waals surface area contributed by atoms with Gasteiger partial charge in [0.2, 0.25) is 0 Å². The van der Waals surface area contributed by atoms with Crippen LogP contribution in [0.4, 0.5) is 11.4 Å². The van der Waals surface area contributed by atoms with Crippen molar-refractivity contribution in [3.8, 4) is 0 Å². The maximum atomic E-state index is 13.5. The Balaban J connectivity index is 1.89. The van der Waals surface area contributed by atoms with Crippen molar-refractivity contribution in [2.24, 2.45) is 0 Å². The van der Waals surface area contributed by atoms with Crippen LogP contribution in [-0.4, -0.2) is 30.2 Å². The number of anilines is 2. The number of hydrogen-bond donors (Lipinski definition) is 2. The van der Waals surface area contributed by atoms with Crippen molar-refractivity contribution in [3.63, 3.8) is 0 Å². The fourth-order valence-electron chi connectivity index (χ4n) is 3.77. The van der Waals surface area contributed by atoms with Crippen LogP contribution in [0.15, 0.2) is 63.0 Å². The number of carbonyl (C=O) groups is 1. The quantitative estimate of drug-likeness (QED) is 0.549. The molecule has 0 bridgehead atoms. The highest BCUT2D eigenvalue weighted by Crippen LogP contribution is 2.37. The lowest BCUT2D eigenvalue weighted by molar-refractivity contribution is 0.0698. The summed E-state index contributed by atoms with van der Waals surface area (Å²) in [6.45, 7) is 0. The molecule has 156 valence electrons. The van der Waals surface area contributed by atoms with Crippen molar-refractivity contribution < 1.29 is 18.3 Å². The lowest BCUT2D eigenvalue weighted by Gasteiger charge is -2.31. The minimum absolute atomic E-state index is 0.00926. The van der Waals surface area contributed by atoms with E-state index >= 15 is 0 Å². The molecule has 2 N–H and O–H groups in total. The van der Waals surface area contributed by atoms with Crippen molar-refractivity contribution in [2.75, 3.05) is 9.73 Å². The van der Waals surface area contributed by atoms with Gasteiger partial charge in [-0.3, -0.25) is 19.3 Å². The van der Waals surface area contributed by atoms with Crippen LogP contribution in [0.1, 0.15) is 36.0 Å². The number of carboxylic acids is 1. The predicted molar refractivity (Wildman–Crippen MR) is 110 cm³/mol. The molecule has 1 heterocycles. The van der Waals surface area contributed by atoms with Crippen molar-refractivity contribution in [3.05, 3.63) is 74.8 Å². The minimum atomic E-state index is -4.05. The Morgan fingerprint density at radius 1 is 1.00 bits per heavy atom. The van der Waals surface area contributed by atoms with Gasteiger partial charge >= 0.3 is 17.1 Å². The molecule has 0 unspecified atom stereocenters. The Labute approximate surface area is 171 Å². The third kappa shape index (κ3) is 3.39. The highest BCUT2D eigenvalue weighted by atomic mass is 32.2. The number of benzene rings is 2. The summed E-state index contributed by atoms with van der Waals surface area (Å²) in [5.41, 5.74) is 0.525. The van der Waals surface area contributed by atoms with Crippen molar-refractivity contribution >= 4 is 27.4 Å². The molecule has 0 spiro atoms. The number of sulfonamides is 1. The van der Waals surface area contributed by atoms with E-state index in [2.05, 4.69) is 5.43 Å². The summed E-state index contributed by atoms with van der Waals surface area (Å²) < 4.78 is 28.9. The molecule has 1 aliphatic rings. The molecule has 9 nitrogen and oxygen atoms in total. The Morgan fingerprint density at radius 2 is 1.63 bits per heavy atom. The van der Waals surface area contributed by atoms with Crippen LogP contribution < -0.4 is 20.8 Å². The smallest absolute Gasteiger partial charge is 0.340 e. The lowest BCUT2D eigenvalue weighted by atomic mass is 10.1. The zero-order valence-electron chi connectivity index (χ0n) is 15.8. The molecule has 2 aromatic carbocycles. The lowest BCUT2D eigenvalue weighted by Crippen LogP contribution is -2.40. The second-order valence-electron chi connectivity index (χ2n) is 7.11. The van der Waals surface area contributed by atoms with Gasteiger partial charge < -0.3 is 5.11 Å². The van der Waals surface area contributed by atoms with Crippen LogP contribution in [0.3, 0.4) is 0 Å². The van der Waals surface area contributed by atoms with E-state index in [1.165, 1.54) is 34.6 Å². The molecule has 3 aromatic rings. The summed E-state index contributed by atoms with van der Waals surface area (Å²) in [7, 11) is -4.05. The number of aromatic carboxylic acids is 1. The fraction of sp³-hybridized carbons (Fsp3) is 0.250. The first-order valence-corrected chi connectivity index (χ1v) is 10.9. The van der Waals surface area contributed by atoms with Gasteiger partial charge in [0.25, 0.3) is 10.0 Å². The summed E-state index contributed by atoms with van der Waals surface area (Å²) in [6.07, 6.45) is 2.88. The molecule has 30 heavy (non-hydrogen) atoms. The van der Waals surface area contributed by atoms with Gasteiger partial charge in [-0.1, -0.05) is 37.1 Å². The van der Waals surface area contributed by atoms with E-state index in [0.29, 0.717) is 17.5 Å². The second-order valence-corrected chi connectivity index (χ2v) is 8.93. The Morgan fingerprint density at radius 3 is 2.20 bits per heavy atom. The van der Waals surface area contributed by atoms with Crippen LogP contribution >= 0.6 is 0 Å². The molecule has 4 rings (SSSR count). The van der Waals surface area contributed by atoms with Gasteiger partial charge in [-0.15, -0.1) is 0 Å². The van der Waals surface area contributed by atoms with E-state index in [4.69, 9.17) is 0 Å². The third-order valence-electron chi connectivity index (χ3n) is 5.22. The SMILES string of the molecule is O=C(O)c1c(Nn2c(=O)c2=O)cccc1N(C1CCCC1)S(=O)(=O)c1ccccc1. The largest absolute Gasteiger partial charge is 0.478 e. The first-order chi connectivity index (χ1) is 14.3. The topological polar surface area (TPSA) is 126 Å². The Bertz CT molecular complexity index is 1240. The monoisotopic (exact) mass is 429 g/mol.